The van der Waals surface area contributed by atoms with E-state index < -0.39 is 5.92 Å². The van der Waals surface area contributed by atoms with Crippen LogP contribution in [0.15, 0.2) is 30.3 Å². The molecule has 2 aliphatic rings. The number of hydrogen-bond acceptors (Lipinski definition) is 7. The number of nitrogens with zero attached hydrogens (tertiary/aromatic N) is 2. The Hall–Kier alpha value is -3.17. The monoisotopic (exact) mass is 489 g/mol. The Morgan fingerprint density at radius 2 is 1.76 bits per heavy atom. The van der Waals surface area contributed by atoms with E-state index in [4.69, 9.17) is 30.5 Å². The predicted octanol–water partition coefficient (Wildman–Crippen LogP) is 3.19. The minimum atomic E-state index is -0.525. The van der Waals surface area contributed by atoms with Gasteiger partial charge in [0.2, 0.25) is 17.6 Å². The zero-order valence-corrected chi connectivity index (χ0v) is 20.2. The molecule has 2 amide bonds. The molecule has 1 unspecified atom stereocenters. The summed E-state index contributed by atoms with van der Waals surface area (Å²) in [5.74, 6) is 0.390. The first-order chi connectivity index (χ1) is 16.5. The molecule has 1 atom stereocenters. The number of rotatable bonds is 7. The van der Waals surface area contributed by atoms with Crippen molar-refractivity contribution in [2.75, 3.05) is 69.3 Å². The Morgan fingerprint density at radius 3 is 2.38 bits per heavy atom. The van der Waals surface area contributed by atoms with Crippen molar-refractivity contribution in [1.29, 1.82) is 0 Å². The van der Waals surface area contributed by atoms with Crippen LogP contribution in [0.2, 0.25) is 5.02 Å². The molecular weight excluding hydrogens is 462 g/mol. The fourth-order valence-corrected chi connectivity index (χ4v) is 4.61. The fourth-order valence-electron chi connectivity index (χ4n) is 4.32. The van der Waals surface area contributed by atoms with Gasteiger partial charge in [-0.05, 0) is 12.1 Å². The second kappa shape index (κ2) is 10.4. The summed E-state index contributed by atoms with van der Waals surface area (Å²) < 4.78 is 21.6. The summed E-state index contributed by atoms with van der Waals surface area (Å²) in [5, 5.41) is 3.55. The highest BCUT2D eigenvalue weighted by atomic mass is 35.5. The topological polar surface area (TPSA) is 89.6 Å². The standard InChI is InChI=1S/C24H28ClN3O6/c1-31-19-12-16(13-20(32-2)23(19)33-3)28-14-15(11-21(28)29)24(30)26-18-6-4-5-17(25)22(18)27-7-9-34-10-8-27/h4-6,12-13,15H,7-11,14H2,1-3H3,(H,26,30). The quantitative estimate of drug-likeness (QED) is 0.638. The minimum Gasteiger partial charge on any atom is -0.493 e. The zero-order valence-electron chi connectivity index (χ0n) is 19.4. The van der Waals surface area contributed by atoms with Crippen LogP contribution in [0.3, 0.4) is 0 Å². The lowest BCUT2D eigenvalue weighted by Crippen LogP contribution is -2.37. The van der Waals surface area contributed by atoms with Crippen molar-refractivity contribution in [3.05, 3.63) is 35.4 Å². The summed E-state index contributed by atoms with van der Waals surface area (Å²) in [4.78, 5) is 29.7. The van der Waals surface area contributed by atoms with Gasteiger partial charge in [-0.2, -0.15) is 0 Å². The smallest absolute Gasteiger partial charge is 0.229 e. The van der Waals surface area contributed by atoms with Crippen LogP contribution in [-0.4, -0.2) is 66.0 Å². The molecule has 0 radical (unpaired) electrons. The molecule has 2 aromatic rings. The van der Waals surface area contributed by atoms with Gasteiger partial charge in [-0.1, -0.05) is 17.7 Å². The Morgan fingerprint density at radius 1 is 1.09 bits per heavy atom. The Kier molecular flexibility index (Phi) is 7.33. The lowest BCUT2D eigenvalue weighted by atomic mass is 10.1. The highest BCUT2D eigenvalue weighted by molar-refractivity contribution is 6.34. The number of hydrogen-bond donors (Lipinski definition) is 1. The van der Waals surface area contributed by atoms with E-state index in [1.165, 1.54) is 21.3 Å². The summed E-state index contributed by atoms with van der Waals surface area (Å²) in [7, 11) is 4.54. The summed E-state index contributed by atoms with van der Waals surface area (Å²) in [5.41, 5.74) is 1.97. The van der Waals surface area contributed by atoms with Crippen LogP contribution in [-0.2, 0) is 14.3 Å². The van der Waals surface area contributed by atoms with Crippen LogP contribution >= 0.6 is 11.6 Å². The van der Waals surface area contributed by atoms with Gasteiger partial charge in [0.15, 0.2) is 11.5 Å². The molecule has 0 bridgehead atoms. The van der Waals surface area contributed by atoms with Crippen molar-refractivity contribution in [1.82, 2.24) is 0 Å². The molecule has 2 heterocycles. The van der Waals surface area contributed by atoms with Gasteiger partial charge >= 0.3 is 0 Å². The molecule has 0 saturated carbocycles. The highest BCUT2D eigenvalue weighted by Crippen LogP contribution is 2.42. The minimum absolute atomic E-state index is 0.0932. The normalized spacial score (nSPS) is 18.1. The number of carbonyl (C=O) groups is 2. The van der Waals surface area contributed by atoms with Crippen LogP contribution in [0.25, 0.3) is 0 Å². The van der Waals surface area contributed by atoms with Crippen LogP contribution in [0.4, 0.5) is 17.1 Å². The molecule has 2 saturated heterocycles. The number of para-hydroxylation sites is 1. The molecule has 1 N–H and O–H groups in total. The lowest BCUT2D eigenvalue weighted by Gasteiger charge is -2.31. The van der Waals surface area contributed by atoms with Crippen LogP contribution in [0.5, 0.6) is 17.2 Å². The van der Waals surface area contributed by atoms with E-state index in [1.807, 2.05) is 6.07 Å². The number of morpholine rings is 1. The molecule has 2 fully saturated rings. The molecule has 0 aromatic heterocycles. The molecule has 0 aliphatic carbocycles. The third-order valence-electron chi connectivity index (χ3n) is 6.03. The van der Waals surface area contributed by atoms with Crippen LogP contribution < -0.4 is 29.3 Å². The third-order valence-corrected chi connectivity index (χ3v) is 6.33. The van der Waals surface area contributed by atoms with Gasteiger partial charge in [0, 0.05) is 38.2 Å². The number of nitrogens with one attached hydrogen (secondary N) is 1. The molecular formula is C24H28ClN3O6. The molecule has 10 heteroatoms. The summed E-state index contributed by atoms with van der Waals surface area (Å²) in [6, 6.07) is 8.82. The maximum absolute atomic E-state index is 13.2. The van der Waals surface area contributed by atoms with Crippen molar-refractivity contribution in [2.45, 2.75) is 6.42 Å². The van der Waals surface area contributed by atoms with E-state index in [-0.39, 0.29) is 24.8 Å². The van der Waals surface area contributed by atoms with Gasteiger partial charge in [0.05, 0.1) is 62.5 Å². The van der Waals surface area contributed by atoms with Gasteiger partial charge in [-0.25, -0.2) is 0 Å². The summed E-state index contributed by atoms with van der Waals surface area (Å²) >= 11 is 6.48. The van der Waals surface area contributed by atoms with Crippen molar-refractivity contribution in [3.8, 4) is 17.2 Å². The van der Waals surface area contributed by atoms with E-state index in [2.05, 4.69) is 10.2 Å². The van der Waals surface area contributed by atoms with Gasteiger partial charge < -0.3 is 34.1 Å². The van der Waals surface area contributed by atoms with Gasteiger partial charge in [-0.3, -0.25) is 9.59 Å². The number of amides is 2. The fraction of sp³-hybridized carbons (Fsp3) is 0.417. The Bertz CT molecular complexity index is 1050. The summed E-state index contributed by atoms with van der Waals surface area (Å²) in [6.45, 7) is 2.79. The average molecular weight is 490 g/mol. The molecule has 182 valence electrons. The van der Waals surface area contributed by atoms with Crippen molar-refractivity contribution in [3.63, 3.8) is 0 Å². The van der Waals surface area contributed by atoms with Crippen molar-refractivity contribution < 1.29 is 28.5 Å². The molecule has 9 nitrogen and oxygen atoms in total. The largest absolute Gasteiger partial charge is 0.493 e. The van der Waals surface area contributed by atoms with Gasteiger partial charge in [-0.15, -0.1) is 0 Å². The van der Waals surface area contributed by atoms with E-state index in [0.29, 0.717) is 59.9 Å². The number of anilines is 3. The average Bonchev–Trinajstić information content (AvgIpc) is 3.25. The first-order valence-electron chi connectivity index (χ1n) is 11.0. The maximum Gasteiger partial charge on any atom is 0.229 e. The van der Waals surface area contributed by atoms with E-state index in [0.717, 1.165) is 5.69 Å². The second-order valence-corrected chi connectivity index (χ2v) is 8.42. The third kappa shape index (κ3) is 4.71. The predicted molar refractivity (Wildman–Crippen MR) is 130 cm³/mol. The maximum atomic E-state index is 13.2. The molecule has 0 spiro atoms. The van der Waals surface area contributed by atoms with E-state index in [9.17, 15) is 9.59 Å². The second-order valence-electron chi connectivity index (χ2n) is 8.01. The Labute approximate surface area is 203 Å². The molecule has 4 rings (SSSR count). The zero-order chi connectivity index (χ0) is 24.2. The number of carbonyl (C=O) groups excluding carboxylic acids is 2. The number of halogens is 1. The van der Waals surface area contributed by atoms with Crippen molar-refractivity contribution >= 4 is 40.5 Å². The number of benzene rings is 2. The van der Waals surface area contributed by atoms with Crippen LogP contribution in [0.1, 0.15) is 6.42 Å². The van der Waals surface area contributed by atoms with E-state index in [1.54, 1.807) is 29.2 Å². The first-order valence-corrected chi connectivity index (χ1v) is 11.4. The number of ether oxygens (including phenoxy) is 4. The SMILES string of the molecule is COc1cc(N2CC(C(=O)Nc3cccc(Cl)c3N3CCOCC3)CC2=O)cc(OC)c1OC. The number of methoxy groups -OCH3 is 3. The van der Waals surface area contributed by atoms with Gasteiger partial charge in [0.1, 0.15) is 0 Å². The summed E-state index contributed by atoms with van der Waals surface area (Å²) in [6.07, 6.45) is 0.0932. The molecule has 34 heavy (non-hydrogen) atoms. The van der Waals surface area contributed by atoms with Gasteiger partial charge in [0.25, 0.3) is 0 Å². The first kappa shape index (κ1) is 24.0. The van der Waals surface area contributed by atoms with E-state index >= 15 is 0 Å². The lowest BCUT2D eigenvalue weighted by molar-refractivity contribution is -0.122. The Balaban J connectivity index is 1.53. The van der Waals surface area contributed by atoms with Crippen molar-refractivity contribution in [2.24, 2.45) is 5.92 Å². The van der Waals surface area contributed by atoms with Crippen LogP contribution in [0, 0.1) is 5.92 Å². The molecule has 2 aliphatic heterocycles. The molecule has 2 aromatic carbocycles. The highest BCUT2D eigenvalue weighted by Gasteiger charge is 2.36.